The van der Waals surface area contributed by atoms with Crippen molar-refractivity contribution in [2.75, 3.05) is 4.90 Å². The van der Waals surface area contributed by atoms with Crippen molar-refractivity contribution in [3.05, 3.63) is 80.2 Å². The van der Waals surface area contributed by atoms with Gasteiger partial charge in [0.1, 0.15) is 5.75 Å². The number of nitrogens with one attached hydrogen (secondary N) is 1. The standard InChI is InChI=1S/C24H22Cl2F3N3O/c1-3-20-17(21(4-2)31-30-20)11-15-7-5-13-6-8-16(33)12-22(13)32(15)23-18(25)9-14(10-19(23)26)24(27,28)29/h6-10,12,33H,3-5,11H2,1-2H3,(H,30,31). The third-order valence-electron chi connectivity index (χ3n) is 5.81. The number of fused-ring (bicyclic) bond motifs is 1. The van der Waals surface area contributed by atoms with E-state index in [9.17, 15) is 18.3 Å². The van der Waals surface area contributed by atoms with Crippen LogP contribution in [0.15, 0.2) is 42.1 Å². The fourth-order valence-corrected chi connectivity index (χ4v) is 4.84. The molecule has 0 saturated carbocycles. The molecule has 1 aliphatic heterocycles. The van der Waals surface area contributed by atoms with Gasteiger partial charge in [-0.1, -0.05) is 49.2 Å². The number of anilines is 2. The Balaban J connectivity index is 1.89. The predicted molar refractivity (Wildman–Crippen MR) is 125 cm³/mol. The quantitative estimate of drug-likeness (QED) is 0.387. The Bertz CT molecular complexity index is 1190. The largest absolute Gasteiger partial charge is 0.508 e. The number of H-pyrrole nitrogens is 1. The Morgan fingerprint density at radius 2 is 1.79 bits per heavy atom. The number of phenols is 1. The summed E-state index contributed by atoms with van der Waals surface area (Å²) >= 11 is 12.8. The summed E-state index contributed by atoms with van der Waals surface area (Å²) in [6.45, 7) is 4.05. The molecule has 0 radical (unpaired) electrons. The average Bonchev–Trinajstić information content (AvgIpc) is 3.15. The van der Waals surface area contributed by atoms with E-state index in [-0.39, 0.29) is 21.5 Å². The van der Waals surface area contributed by atoms with Gasteiger partial charge in [-0.05, 0) is 43.0 Å². The van der Waals surface area contributed by atoms with Crippen LogP contribution in [0.2, 0.25) is 10.0 Å². The van der Waals surface area contributed by atoms with Crippen molar-refractivity contribution in [2.45, 2.75) is 45.7 Å². The van der Waals surface area contributed by atoms with Gasteiger partial charge in [0, 0.05) is 29.4 Å². The molecule has 174 valence electrons. The van der Waals surface area contributed by atoms with Crippen molar-refractivity contribution in [1.29, 1.82) is 0 Å². The van der Waals surface area contributed by atoms with E-state index in [0.29, 0.717) is 18.5 Å². The maximum absolute atomic E-state index is 13.3. The summed E-state index contributed by atoms with van der Waals surface area (Å²) in [6.07, 6.45) is -0.00222. The molecule has 0 bridgehead atoms. The van der Waals surface area contributed by atoms with Crippen LogP contribution in [0.1, 0.15) is 41.9 Å². The van der Waals surface area contributed by atoms with Gasteiger partial charge in [0.05, 0.1) is 32.7 Å². The highest BCUT2D eigenvalue weighted by atomic mass is 35.5. The number of rotatable bonds is 5. The molecule has 2 aromatic carbocycles. The van der Waals surface area contributed by atoms with E-state index in [4.69, 9.17) is 23.2 Å². The molecule has 0 amide bonds. The fraction of sp³-hybridized carbons (Fsp3) is 0.292. The molecule has 0 atom stereocenters. The van der Waals surface area contributed by atoms with E-state index in [1.54, 1.807) is 23.1 Å². The number of aromatic nitrogens is 2. The van der Waals surface area contributed by atoms with E-state index in [0.717, 1.165) is 53.2 Å². The van der Waals surface area contributed by atoms with Gasteiger partial charge in [0.15, 0.2) is 0 Å². The zero-order valence-corrected chi connectivity index (χ0v) is 19.5. The number of hydrogen-bond acceptors (Lipinski definition) is 3. The van der Waals surface area contributed by atoms with Crippen LogP contribution in [0.25, 0.3) is 0 Å². The van der Waals surface area contributed by atoms with Crippen LogP contribution in [0.4, 0.5) is 24.5 Å². The smallest absolute Gasteiger partial charge is 0.416 e. The number of phenolic OH excluding ortho intramolecular Hbond substituents is 1. The molecule has 3 aromatic rings. The van der Waals surface area contributed by atoms with Crippen molar-refractivity contribution < 1.29 is 18.3 Å². The van der Waals surface area contributed by atoms with Crippen LogP contribution >= 0.6 is 23.2 Å². The minimum absolute atomic E-state index is 0.0333. The van der Waals surface area contributed by atoms with E-state index in [2.05, 4.69) is 10.2 Å². The molecule has 0 fully saturated rings. The van der Waals surface area contributed by atoms with Crippen molar-refractivity contribution in [1.82, 2.24) is 10.2 Å². The second kappa shape index (κ2) is 8.95. The summed E-state index contributed by atoms with van der Waals surface area (Å²) in [7, 11) is 0. The lowest BCUT2D eigenvalue weighted by atomic mass is 9.96. The SMILES string of the molecule is CCc1n[nH]c(CC)c1CC1=CCc2ccc(O)cc2N1c1c(Cl)cc(C(F)(F)F)cc1Cl. The molecular formula is C24H22Cl2F3N3O. The molecule has 0 unspecified atom stereocenters. The molecule has 0 spiro atoms. The minimum Gasteiger partial charge on any atom is -0.508 e. The maximum atomic E-state index is 13.3. The first-order valence-electron chi connectivity index (χ1n) is 10.6. The number of aryl methyl sites for hydroxylation is 2. The number of nitrogens with zero attached hydrogens (tertiary/aromatic N) is 2. The van der Waals surface area contributed by atoms with Gasteiger partial charge in [-0.25, -0.2) is 0 Å². The number of benzene rings is 2. The van der Waals surface area contributed by atoms with Crippen molar-refractivity contribution in [3.8, 4) is 5.75 Å². The summed E-state index contributed by atoms with van der Waals surface area (Å²) < 4.78 is 40.0. The van der Waals surface area contributed by atoms with Crippen molar-refractivity contribution in [2.24, 2.45) is 0 Å². The lowest BCUT2D eigenvalue weighted by molar-refractivity contribution is -0.137. The Kier molecular flexibility index (Phi) is 6.38. The number of alkyl halides is 3. The summed E-state index contributed by atoms with van der Waals surface area (Å²) in [5.74, 6) is 0.0333. The highest BCUT2D eigenvalue weighted by Gasteiger charge is 2.34. The summed E-state index contributed by atoms with van der Waals surface area (Å²) in [5, 5.41) is 17.4. The topological polar surface area (TPSA) is 52.1 Å². The molecule has 33 heavy (non-hydrogen) atoms. The van der Waals surface area contributed by atoms with Crippen molar-refractivity contribution >= 4 is 34.6 Å². The molecule has 1 aliphatic rings. The number of aromatic amines is 1. The monoisotopic (exact) mass is 495 g/mol. The number of halogens is 5. The molecule has 2 N–H and O–H groups in total. The molecule has 4 rings (SSSR count). The third kappa shape index (κ3) is 4.44. The highest BCUT2D eigenvalue weighted by molar-refractivity contribution is 6.39. The average molecular weight is 496 g/mol. The molecule has 1 aromatic heterocycles. The van der Waals surface area contributed by atoms with Gasteiger partial charge in [-0.3, -0.25) is 5.10 Å². The first-order chi connectivity index (χ1) is 15.6. The molecule has 9 heteroatoms. The second-order valence-corrected chi connectivity index (χ2v) is 8.66. The molecule has 2 heterocycles. The van der Waals surface area contributed by atoms with Crippen LogP contribution in [0.5, 0.6) is 5.75 Å². The Morgan fingerprint density at radius 3 is 2.39 bits per heavy atom. The maximum Gasteiger partial charge on any atom is 0.416 e. The first kappa shape index (κ1) is 23.5. The van der Waals surface area contributed by atoms with Gasteiger partial charge < -0.3 is 10.0 Å². The van der Waals surface area contributed by atoms with Gasteiger partial charge >= 0.3 is 6.18 Å². The number of allylic oxidation sites excluding steroid dienone is 2. The van der Waals surface area contributed by atoms with E-state index >= 15 is 0 Å². The first-order valence-corrected chi connectivity index (χ1v) is 11.3. The molecule has 4 nitrogen and oxygen atoms in total. The Morgan fingerprint density at radius 1 is 1.09 bits per heavy atom. The van der Waals surface area contributed by atoms with Gasteiger partial charge in [-0.2, -0.15) is 18.3 Å². The van der Waals surface area contributed by atoms with Gasteiger partial charge in [-0.15, -0.1) is 0 Å². The zero-order valence-electron chi connectivity index (χ0n) is 18.0. The molecular weight excluding hydrogens is 474 g/mol. The third-order valence-corrected chi connectivity index (χ3v) is 6.38. The fourth-order valence-electron chi connectivity index (χ4n) is 4.18. The van der Waals surface area contributed by atoms with Crippen LogP contribution in [0, 0.1) is 0 Å². The number of hydrogen-bond donors (Lipinski definition) is 2. The van der Waals surface area contributed by atoms with Gasteiger partial charge in [0.25, 0.3) is 0 Å². The Labute approximate surface area is 199 Å². The second-order valence-electron chi connectivity index (χ2n) is 7.85. The van der Waals surface area contributed by atoms with Gasteiger partial charge in [0.2, 0.25) is 0 Å². The van der Waals surface area contributed by atoms with E-state index in [1.807, 2.05) is 19.9 Å². The van der Waals surface area contributed by atoms with Crippen LogP contribution in [0.3, 0.4) is 0 Å². The van der Waals surface area contributed by atoms with Crippen LogP contribution in [-0.2, 0) is 31.9 Å². The minimum atomic E-state index is -4.58. The molecule has 0 aliphatic carbocycles. The summed E-state index contributed by atoms with van der Waals surface area (Å²) in [5.41, 5.74) is 4.59. The zero-order chi connectivity index (χ0) is 23.9. The van der Waals surface area contributed by atoms with E-state index in [1.165, 1.54) is 0 Å². The summed E-state index contributed by atoms with van der Waals surface area (Å²) in [4.78, 5) is 1.75. The number of aromatic hydroxyl groups is 1. The van der Waals surface area contributed by atoms with E-state index < -0.39 is 11.7 Å². The van der Waals surface area contributed by atoms with Crippen LogP contribution in [-0.4, -0.2) is 15.3 Å². The Hall–Kier alpha value is -2.64. The summed E-state index contributed by atoms with van der Waals surface area (Å²) in [6, 6.07) is 6.69. The van der Waals surface area contributed by atoms with Crippen molar-refractivity contribution in [3.63, 3.8) is 0 Å². The highest BCUT2D eigenvalue weighted by Crippen LogP contribution is 2.47. The normalized spacial score (nSPS) is 13.8. The lowest BCUT2D eigenvalue weighted by Crippen LogP contribution is -2.24. The van der Waals surface area contributed by atoms with Crippen LogP contribution < -0.4 is 4.90 Å². The molecule has 0 saturated heterocycles. The lowest BCUT2D eigenvalue weighted by Gasteiger charge is -2.34. The predicted octanol–water partition coefficient (Wildman–Crippen LogP) is 7.39.